The first-order valence-corrected chi connectivity index (χ1v) is 6.98. The van der Waals surface area contributed by atoms with Crippen LogP contribution in [0.5, 0.6) is 0 Å². The standard InChI is InChI=1S/C18H13NO4/c1-10(20)15-16(11-5-4-6-12(9-11)18(22)23)13-7-2-3-8-14(13)19-17(15)21/h2-9H,1H3,(H,19,21)(H,22,23). The van der Waals surface area contributed by atoms with Gasteiger partial charge in [-0.05, 0) is 30.7 Å². The minimum atomic E-state index is -1.06. The predicted molar refractivity (Wildman–Crippen MR) is 87.0 cm³/mol. The molecule has 0 aliphatic rings. The number of aromatic nitrogens is 1. The zero-order valence-electron chi connectivity index (χ0n) is 12.3. The number of carbonyl (C=O) groups excluding carboxylic acids is 1. The van der Waals surface area contributed by atoms with Crippen molar-refractivity contribution in [2.24, 2.45) is 0 Å². The van der Waals surface area contributed by atoms with Crippen molar-refractivity contribution in [1.29, 1.82) is 0 Å². The van der Waals surface area contributed by atoms with E-state index in [2.05, 4.69) is 4.98 Å². The number of nitrogens with one attached hydrogen (secondary N) is 1. The summed E-state index contributed by atoms with van der Waals surface area (Å²) in [5.41, 5.74) is 1.23. The molecule has 0 spiro atoms. The second kappa shape index (κ2) is 5.53. The van der Waals surface area contributed by atoms with E-state index in [4.69, 9.17) is 5.11 Å². The Kier molecular flexibility index (Phi) is 3.54. The third-order valence-corrected chi connectivity index (χ3v) is 3.67. The van der Waals surface area contributed by atoms with E-state index in [0.29, 0.717) is 22.0 Å². The summed E-state index contributed by atoms with van der Waals surface area (Å²) in [4.78, 5) is 38.2. The highest BCUT2D eigenvalue weighted by Crippen LogP contribution is 2.30. The topological polar surface area (TPSA) is 87.2 Å². The second-order valence-corrected chi connectivity index (χ2v) is 5.19. The highest BCUT2D eigenvalue weighted by atomic mass is 16.4. The van der Waals surface area contributed by atoms with Gasteiger partial charge in [-0.15, -0.1) is 0 Å². The van der Waals surface area contributed by atoms with Crippen LogP contribution >= 0.6 is 0 Å². The first-order chi connectivity index (χ1) is 11.0. The van der Waals surface area contributed by atoms with E-state index in [9.17, 15) is 14.4 Å². The lowest BCUT2D eigenvalue weighted by atomic mass is 9.93. The molecule has 5 nitrogen and oxygen atoms in total. The van der Waals surface area contributed by atoms with Crippen LogP contribution in [-0.4, -0.2) is 21.8 Å². The lowest BCUT2D eigenvalue weighted by Gasteiger charge is -2.11. The third-order valence-electron chi connectivity index (χ3n) is 3.67. The summed E-state index contributed by atoms with van der Waals surface area (Å²) in [6, 6.07) is 13.3. The van der Waals surface area contributed by atoms with Crippen molar-refractivity contribution in [3.05, 3.63) is 70.0 Å². The molecule has 2 aromatic carbocycles. The van der Waals surface area contributed by atoms with E-state index in [1.54, 1.807) is 36.4 Å². The van der Waals surface area contributed by atoms with Crippen molar-refractivity contribution in [3.8, 4) is 11.1 Å². The average molecular weight is 307 g/mol. The Bertz CT molecular complexity index is 1000. The summed E-state index contributed by atoms with van der Waals surface area (Å²) in [6.07, 6.45) is 0. The van der Waals surface area contributed by atoms with Gasteiger partial charge < -0.3 is 10.1 Å². The third kappa shape index (κ3) is 2.53. The molecule has 1 aromatic heterocycles. The average Bonchev–Trinajstić information content (AvgIpc) is 2.53. The Labute approximate surface area is 131 Å². The normalized spacial score (nSPS) is 10.7. The first kappa shape index (κ1) is 14.7. The zero-order valence-corrected chi connectivity index (χ0v) is 12.3. The fourth-order valence-corrected chi connectivity index (χ4v) is 2.69. The molecule has 114 valence electrons. The molecule has 0 amide bonds. The number of Topliss-reactive ketones (excluding diaryl/α,β-unsaturated/α-hetero) is 1. The molecule has 0 aliphatic carbocycles. The van der Waals surface area contributed by atoms with Crippen LogP contribution in [0, 0.1) is 0 Å². The summed E-state index contributed by atoms with van der Waals surface area (Å²) in [5, 5.41) is 9.86. The molecule has 0 saturated carbocycles. The summed E-state index contributed by atoms with van der Waals surface area (Å²) < 4.78 is 0. The van der Waals surface area contributed by atoms with Crippen molar-refractivity contribution in [2.45, 2.75) is 6.92 Å². The molecule has 0 unspecified atom stereocenters. The fourth-order valence-electron chi connectivity index (χ4n) is 2.69. The van der Waals surface area contributed by atoms with Gasteiger partial charge in [0.1, 0.15) is 0 Å². The van der Waals surface area contributed by atoms with E-state index in [1.807, 2.05) is 0 Å². The fraction of sp³-hybridized carbons (Fsp3) is 0.0556. The highest BCUT2D eigenvalue weighted by molar-refractivity contribution is 6.09. The number of hydrogen-bond donors (Lipinski definition) is 2. The molecule has 23 heavy (non-hydrogen) atoms. The number of rotatable bonds is 3. The largest absolute Gasteiger partial charge is 0.478 e. The Hall–Kier alpha value is -3.21. The maximum Gasteiger partial charge on any atom is 0.335 e. The number of hydrogen-bond acceptors (Lipinski definition) is 3. The van der Waals surface area contributed by atoms with Gasteiger partial charge in [-0.1, -0.05) is 30.3 Å². The maximum atomic E-state index is 12.3. The van der Waals surface area contributed by atoms with Gasteiger partial charge in [0, 0.05) is 16.5 Å². The van der Waals surface area contributed by atoms with E-state index in [-0.39, 0.29) is 16.9 Å². The quantitative estimate of drug-likeness (QED) is 0.728. The van der Waals surface area contributed by atoms with Gasteiger partial charge in [0.05, 0.1) is 11.1 Å². The van der Waals surface area contributed by atoms with Gasteiger partial charge in [0.2, 0.25) is 0 Å². The van der Waals surface area contributed by atoms with Crippen LogP contribution in [0.25, 0.3) is 22.0 Å². The number of fused-ring (bicyclic) bond motifs is 1. The summed E-state index contributed by atoms with van der Waals surface area (Å²) in [7, 11) is 0. The van der Waals surface area contributed by atoms with Crippen molar-refractivity contribution in [3.63, 3.8) is 0 Å². The molecule has 5 heteroatoms. The van der Waals surface area contributed by atoms with Gasteiger partial charge in [-0.3, -0.25) is 9.59 Å². The lowest BCUT2D eigenvalue weighted by molar-refractivity contribution is 0.0696. The number of carboxylic acid groups (broad SMARTS) is 1. The van der Waals surface area contributed by atoms with Crippen LogP contribution in [0.4, 0.5) is 0 Å². The summed E-state index contributed by atoms with van der Waals surface area (Å²) >= 11 is 0. The van der Waals surface area contributed by atoms with Crippen molar-refractivity contribution >= 4 is 22.7 Å². The van der Waals surface area contributed by atoms with Crippen molar-refractivity contribution in [2.75, 3.05) is 0 Å². The van der Waals surface area contributed by atoms with Gasteiger partial charge >= 0.3 is 5.97 Å². The minimum Gasteiger partial charge on any atom is -0.478 e. The molecule has 2 N–H and O–H groups in total. The predicted octanol–water partition coefficient (Wildman–Crippen LogP) is 3.10. The number of ketones is 1. The number of para-hydroxylation sites is 1. The molecule has 0 atom stereocenters. The van der Waals surface area contributed by atoms with E-state index < -0.39 is 11.5 Å². The Morgan fingerprint density at radius 2 is 1.78 bits per heavy atom. The number of aromatic carboxylic acids is 1. The van der Waals surface area contributed by atoms with Crippen LogP contribution in [0.3, 0.4) is 0 Å². The number of benzene rings is 2. The second-order valence-electron chi connectivity index (χ2n) is 5.19. The highest BCUT2D eigenvalue weighted by Gasteiger charge is 2.18. The summed E-state index contributed by atoms with van der Waals surface area (Å²) in [6.45, 7) is 1.32. The maximum absolute atomic E-state index is 12.3. The van der Waals surface area contributed by atoms with E-state index in [1.165, 1.54) is 19.1 Å². The Morgan fingerprint density at radius 1 is 1.04 bits per heavy atom. The minimum absolute atomic E-state index is 0.0336. The molecule has 0 fully saturated rings. The monoisotopic (exact) mass is 307 g/mol. The zero-order chi connectivity index (χ0) is 16.6. The Balaban J connectivity index is 2.46. The van der Waals surface area contributed by atoms with Crippen molar-refractivity contribution < 1.29 is 14.7 Å². The molecule has 3 aromatic rings. The number of carboxylic acids is 1. The number of aromatic amines is 1. The molecule has 0 radical (unpaired) electrons. The summed E-state index contributed by atoms with van der Waals surface area (Å²) in [5.74, 6) is -1.43. The SMILES string of the molecule is CC(=O)c1c(-c2cccc(C(=O)O)c2)c2ccccc2[nH]c1=O. The van der Waals surface area contributed by atoms with Crippen molar-refractivity contribution in [1.82, 2.24) is 4.98 Å². The molecule has 0 aliphatic heterocycles. The molecule has 0 saturated heterocycles. The van der Waals surface area contributed by atoms with Gasteiger partial charge in [-0.25, -0.2) is 4.79 Å². The lowest BCUT2D eigenvalue weighted by Crippen LogP contribution is -2.18. The van der Waals surface area contributed by atoms with Crippen LogP contribution in [0.1, 0.15) is 27.6 Å². The number of pyridine rings is 1. The van der Waals surface area contributed by atoms with Crippen LogP contribution in [-0.2, 0) is 0 Å². The molecular formula is C18H13NO4. The van der Waals surface area contributed by atoms with Gasteiger partial charge in [0.15, 0.2) is 5.78 Å². The first-order valence-electron chi connectivity index (χ1n) is 6.98. The molecule has 0 bridgehead atoms. The van der Waals surface area contributed by atoms with Crippen LogP contribution in [0.2, 0.25) is 0 Å². The molecular weight excluding hydrogens is 294 g/mol. The molecule has 1 heterocycles. The smallest absolute Gasteiger partial charge is 0.335 e. The van der Waals surface area contributed by atoms with Gasteiger partial charge in [-0.2, -0.15) is 0 Å². The molecule has 3 rings (SSSR count). The van der Waals surface area contributed by atoms with E-state index in [0.717, 1.165) is 0 Å². The van der Waals surface area contributed by atoms with Crippen LogP contribution in [0.15, 0.2) is 53.3 Å². The number of carbonyl (C=O) groups is 2. The van der Waals surface area contributed by atoms with Gasteiger partial charge in [0.25, 0.3) is 5.56 Å². The number of H-pyrrole nitrogens is 1. The Morgan fingerprint density at radius 3 is 2.48 bits per heavy atom. The van der Waals surface area contributed by atoms with Crippen LogP contribution < -0.4 is 5.56 Å². The van der Waals surface area contributed by atoms with E-state index >= 15 is 0 Å².